The van der Waals surface area contributed by atoms with Gasteiger partial charge in [0.05, 0.1) is 16.4 Å². The van der Waals surface area contributed by atoms with Gasteiger partial charge >= 0.3 is 0 Å². The molecule has 1 atom stereocenters. The standard InChI is InChI=1S/C10H15ClN2S/c1-7(6-14-2)13-9-5-3-4-8(11)10(9)12/h3-5,7,13H,6,12H2,1-2H3. The van der Waals surface area contributed by atoms with Gasteiger partial charge in [-0.25, -0.2) is 0 Å². The van der Waals surface area contributed by atoms with E-state index in [2.05, 4.69) is 18.5 Å². The van der Waals surface area contributed by atoms with Gasteiger partial charge in [-0.15, -0.1) is 0 Å². The van der Waals surface area contributed by atoms with E-state index in [-0.39, 0.29) is 0 Å². The lowest BCUT2D eigenvalue weighted by Crippen LogP contribution is -2.18. The summed E-state index contributed by atoms with van der Waals surface area (Å²) in [5.41, 5.74) is 7.37. The third kappa shape index (κ3) is 3.00. The molecule has 0 fully saturated rings. The summed E-state index contributed by atoms with van der Waals surface area (Å²) in [6.07, 6.45) is 2.08. The molecular formula is C10H15ClN2S. The molecule has 78 valence electrons. The number of nitrogens with two attached hydrogens (primary N) is 1. The van der Waals surface area contributed by atoms with E-state index in [1.54, 1.807) is 17.8 Å². The number of rotatable bonds is 4. The number of nitrogens with one attached hydrogen (secondary N) is 1. The Morgan fingerprint density at radius 3 is 2.93 bits per heavy atom. The molecule has 0 radical (unpaired) electrons. The molecule has 1 unspecified atom stereocenters. The number of para-hydroxylation sites is 1. The molecule has 0 aromatic heterocycles. The van der Waals surface area contributed by atoms with Crippen LogP contribution in [-0.2, 0) is 0 Å². The van der Waals surface area contributed by atoms with Crippen LogP contribution in [0, 0.1) is 0 Å². The summed E-state index contributed by atoms with van der Waals surface area (Å²) in [5, 5.41) is 3.92. The van der Waals surface area contributed by atoms with Crippen LogP contribution in [0.1, 0.15) is 6.92 Å². The van der Waals surface area contributed by atoms with Gasteiger partial charge < -0.3 is 11.1 Å². The molecule has 0 amide bonds. The molecule has 0 aliphatic heterocycles. The van der Waals surface area contributed by atoms with Gasteiger partial charge in [0, 0.05) is 11.8 Å². The van der Waals surface area contributed by atoms with Gasteiger partial charge in [0.1, 0.15) is 0 Å². The Hall–Kier alpha value is -0.540. The molecule has 1 aromatic carbocycles. The quantitative estimate of drug-likeness (QED) is 0.781. The Balaban J connectivity index is 2.71. The fraction of sp³-hybridized carbons (Fsp3) is 0.400. The zero-order chi connectivity index (χ0) is 10.6. The van der Waals surface area contributed by atoms with Gasteiger partial charge in [-0.2, -0.15) is 11.8 Å². The molecule has 0 saturated carbocycles. The highest BCUT2D eigenvalue weighted by atomic mass is 35.5. The van der Waals surface area contributed by atoms with Crippen molar-refractivity contribution >= 4 is 34.7 Å². The van der Waals surface area contributed by atoms with Crippen LogP contribution in [0.3, 0.4) is 0 Å². The Kier molecular flexibility index (Phi) is 4.42. The molecule has 0 spiro atoms. The molecule has 0 saturated heterocycles. The molecule has 14 heavy (non-hydrogen) atoms. The molecular weight excluding hydrogens is 216 g/mol. The Morgan fingerprint density at radius 1 is 1.57 bits per heavy atom. The SMILES string of the molecule is CSCC(C)Nc1cccc(Cl)c1N. The smallest absolute Gasteiger partial charge is 0.0739 e. The van der Waals surface area contributed by atoms with Crippen LogP contribution in [0.25, 0.3) is 0 Å². The lowest BCUT2D eigenvalue weighted by molar-refractivity contribution is 0.915. The van der Waals surface area contributed by atoms with Crippen molar-refractivity contribution in [2.75, 3.05) is 23.1 Å². The van der Waals surface area contributed by atoms with E-state index in [1.165, 1.54) is 0 Å². The van der Waals surface area contributed by atoms with Gasteiger partial charge in [0.25, 0.3) is 0 Å². The van der Waals surface area contributed by atoms with E-state index >= 15 is 0 Å². The van der Waals surface area contributed by atoms with Crippen LogP contribution in [-0.4, -0.2) is 18.1 Å². The minimum Gasteiger partial charge on any atom is -0.396 e. The predicted molar refractivity (Wildman–Crippen MR) is 67.3 cm³/mol. The van der Waals surface area contributed by atoms with Crippen molar-refractivity contribution in [3.05, 3.63) is 23.2 Å². The summed E-state index contributed by atoms with van der Waals surface area (Å²) >= 11 is 7.71. The van der Waals surface area contributed by atoms with Gasteiger partial charge in [-0.3, -0.25) is 0 Å². The summed E-state index contributed by atoms with van der Waals surface area (Å²) in [4.78, 5) is 0. The molecule has 0 aliphatic carbocycles. The highest BCUT2D eigenvalue weighted by Crippen LogP contribution is 2.27. The zero-order valence-electron chi connectivity index (χ0n) is 8.38. The Morgan fingerprint density at radius 2 is 2.29 bits per heavy atom. The van der Waals surface area contributed by atoms with Crippen LogP contribution in [0.5, 0.6) is 0 Å². The first-order valence-electron chi connectivity index (χ1n) is 4.44. The molecule has 0 bridgehead atoms. The van der Waals surface area contributed by atoms with Crippen LogP contribution in [0.2, 0.25) is 5.02 Å². The number of benzene rings is 1. The van der Waals surface area contributed by atoms with Crippen LogP contribution in [0.15, 0.2) is 18.2 Å². The van der Waals surface area contributed by atoms with Crippen LogP contribution < -0.4 is 11.1 Å². The normalized spacial score (nSPS) is 12.5. The maximum Gasteiger partial charge on any atom is 0.0739 e. The fourth-order valence-corrected chi connectivity index (χ4v) is 1.98. The lowest BCUT2D eigenvalue weighted by Gasteiger charge is -2.16. The molecule has 0 aliphatic rings. The first-order chi connectivity index (χ1) is 6.65. The number of thioether (sulfide) groups is 1. The third-order valence-electron chi connectivity index (χ3n) is 1.87. The number of hydrogen-bond donors (Lipinski definition) is 2. The minimum atomic E-state index is 0.394. The van der Waals surface area contributed by atoms with E-state index in [9.17, 15) is 0 Å². The average molecular weight is 231 g/mol. The van der Waals surface area contributed by atoms with Gasteiger partial charge in [-0.1, -0.05) is 17.7 Å². The average Bonchev–Trinajstić information content (AvgIpc) is 2.13. The van der Waals surface area contributed by atoms with E-state index in [4.69, 9.17) is 17.3 Å². The first-order valence-corrected chi connectivity index (χ1v) is 6.21. The lowest BCUT2D eigenvalue weighted by atomic mass is 10.2. The first kappa shape index (κ1) is 11.5. The highest BCUT2D eigenvalue weighted by molar-refractivity contribution is 7.98. The van der Waals surface area contributed by atoms with Crippen LogP contribution in [0.4, 0.5) is 11.4 Å². The molecule has 0 heterocycles. The summed E-state index contributed by atoms with van der Waals surface area (Å²) in [6, 6.07) is 6.03. The predicted octanol–water partition coefficient (Wildman–Crippen LogP) is 3.09. The molecule has 1 rings (SSSR count). The molecule has 2 nitrogen and oxygen atoms in total. The highest BCUT2D eigenvalue weighted by Gasteiger charge is 2.05. The largest absolute Gasteiger partial charge is 0.396 e. The van der Waals surface area contributed by atoms with E-state index in [0.717, 1.165) is 11.4 Å². The van der Waals surface area contributed by atoms with E-state index in [1.807, 2.05) is 12.1 Å². The number of nitrogen functional groups attached to an aromatic ring is 1. The van der Waals surface area contributed by atoms with Gasteiger partial charge in [0.2, 0.25) is 0 Å². The van der Waals surface area contributed by atoms with Crippen molar-refractivity contribution in [2.24, 2.45) is 0 Å². The van der Waals surface area contributed by atoms with Crippen LogP contribution >= 0.6 is 23.4 Å². The Bertz CT molecular complexity index is 304. The van der Waals surface area contributed by atoms with Crippen molar-refractivity contribution in [3.8, 4) is 0 Å². The summed E-state index contributed by atoms with van der Waals surface area (Å²) in [6.45, 7) is 2.12. The topological polar surface area (TPSA) is 38.0 Å². The van der Waals surface area contributed by atoms with E-state index < -0.39 is 0 Å². The number of anilines is 2. The molecule has 4 heteroatoms. The van der Waals surface area contributed by atoms with Crippen molar-refractivity contribution in [3.63, 3.8) is 0 Å². The second kappa shape index (κ2) is 5.37. The van der Waals surface area contributed by atoms with Gasteiger partial charge in [0.15, 0.2) is 0 Å². The van der Waals surface area contributed by atoms with Crippen molar-refractivity contribution < 1.29 is 0 Å². The summed E-state index contributed by atoms with van der Waals surface area (Å²) in [5.74, 6) is 1.05. The fourth-order valence-electron chi connectivity index (χ4n) is 1.22. The van der Waals surface area contributed by atoms with Crippen molar-refractivity contribution in [1.29, 1.82) is 0 Å². The minimum absolute atomic E-state index is 0.394. The monoisotopic (exact) mass is 230 g/mol. The van der Waals surface area contributed by atoms with Crippen molar-refractivity contribution in [2.45, 2.75) is 13.0 Å². The second-order valence-electron chi connectivity index (χ2n) is 3.20. The summed E-state index contributed by atoms with van der Waals surface area (Å²) < 4.78 is 0. The van der Waals surface area contributed by atoms with Crippen molar-refractivity contribution in [1.82, 2.24) is 0 Å². The molecule has 1 aromatic rings. The number of hydrogen-bond acceptors (Lipinski definition) is 3. The summed E-state index contributed by atoms with van der Waals surface area (Å²) in [7, 11) is 0. The van der Waals surface area contributed by atoms with E-state index in [0.29, 0.717) is 16.8 Å². The number of halogens is 1. The van der Waals surface area contributed by atoms with Gasteiger partial charge in [-0.05, 0) is 25.3 Å². The Labute approximate surface area is 94.2 Å². The maximum atomic E-state index is 5.90. The maximum absolute atomic E-state index is 5.90. The molecule has 3 N–H and O–H groups in total. The third-order valence-corrected chi connectivity index (χ3v) is 3.03. The second-order valence-corrected chi connectivity index (χ2v) is 4.52. The zero-order valence-corrected chi connectivity index (χ0v) is 9.95.